The molecule has 0 radical (unpaired) electrons. The van der Waals surface area contributed by atoms with Crippen LogP contribution in [0.25, 0.3) is 0 Å². The third kappa shape index (κ3) is 6.01. The molecule has 0 aromatic rings. The summed E-state index contributed by atoms with van der Waals surface area (Å²) in [7, 11) is 3.88. The second-order valence-corrected chi connectivity index (χ2v) is 2.64. The van der Waals surface area contributed by atoms with Gasteiger partial charge in [0.1, 0.15) is 0 Å². The SMILES string of the molecule is CNN(C)CCCC(C)O. The molecule has 0 rings (SSSR count). The molecule has 0 saturated carbocycles. The van der Waals surface area contributed by atoms with Gasteiger partial charge in [0, 0.05) is 13.6 Å². The van der Waals surface area contributed by atoms with Gasteiger partial charge in [-0.15, -0.1) is 0 Å². The summed E-state index contributed by atoms with van der Waals surface area (Å²) >= 11 is 0. The Morgan fingerprint density at radius 2 is 2.20 bits per heavy atom. The van der Waals surface area contributed by atoms with Crippen molar-refractivity contribution in [1.82, 2.24) is 10.4 Å². The second kappa shape index (κ2) is 5.65. The van der Waals surface area contributed by atoms with E-state index in [4.69, 9.17) is 5.11 Å². The van der Waals surface area contributed by atoms with E-state index in [1.807, 2.05) is 26.0 Å². The van der Waals surface area contributed by atoms with Crippen LogP contribution < -0.4 is 5.43 Å². The molecular formula is C7H18N2O. The predicted octanol–water partition coefficient (Wildman–Crippen LogP) is 0.214. The van der Waals surface area contributed by atoms with Crippen molar-refractivity contribution < 1.29 is 5.11 Å². The number of hydrazine groups is 1. The molecule has 0 bridgehead atoms. The van der Waals surface area contributed by atoms with Crippen LogP contribution in [0, 0.1) is 0 Å². The Bertz CT molecular complexity index is 76.0. The number of aliphatic hydroxyl groups excluding tert-OH is 1. The molecule has 0 aromatic heterocycles. The summed E-state index contributed by atoms with van der Waals surface area (Å²) < 4.78 is 0. The fourth-order valence-corrected chi connectivity index (χ4v) is 0.736. The van der Waals surface area contributed by atoms with E-state index in [0.717, 1.165) is 19.4 Å². The molecule has 0 amide bonds. The number of nitrogens with one attached hydrogen (secondary N) is 1. The van der Waals surface area contributed by atoms with E-state index in [9.17, 15) is 0 Å². The highest BCUT2D eigenvalue weighted by Gasteiger charge is 1.96. The van der Waals surface area contributed by atoms with Crippen LogP contribution in [-0.4, -0.2) is 36.9 Å². The molecule has 10 heavy (non-hydrogen) atoms. The zero-order valence-electron chi connectivity index (χ0n) is 7.09. The third-order valence-electron chi connectivity index (χ3n) is 1.50. The molecule has 0 heterocycles. The van der Waals surface area contributed by atoms with Crippen LogP contribution >= 0.6 is 0 Å². The first-order valence-electron chi connectivity index (χ1n) is 3.73. The van der Waals surface area contributed by atoms with Crippen molar-refractivity contribution in [3.8, 4) is 0 Å². The summed E-state index contributed by atoms with van der Waals surface area (Å²) in [4.78, 5) is 0. The number of hydrogen-bond donors (Lipinski definition) is 2. The lowest BCUT2D eigenvalue weighted by atomic mass is 10.2. The maximum atomic E-state index is 8.90. The molecule has 3 heteroatoms. The fourth-order valence-electron chi connectivity index (χ4n) is 0.736. The molecule has 0 aliphatic rings. The first kappa shape index (κ1) is 9.88. The highest BCUT2D eigenvalue weighted by Crippen LogP contribution is 1.95. The molecule has 2 N–H and O–H groups in total. The van der Waals surface area contributed by atoms with Gasteiger partial charge in [0.15, 0.2) is 0 Å². The second-order valence-electron chi connectivity index (χ2n) is 2.64. The van der Waals surface area contributed by atoms with Gasteiger partial charge in [-0.1, -0.05) is 0 Å². The highest BCUT2D eigenvalue weighted by atomic mass is 16.3. The van der Waals surface area contributed by atoms with Gasteiger partial charge >= 0.3 is 0 Å². The van der Waals surface area contributed by atoms with E-state index in [2.05, 4.69) is 5.43 Å². The van der Waals surface area contributed by atoms with Crippen molar-refractivity contribution in [2.24, 2.45) is 0 Å². The molecular weight excluding hydrogens is 128 g/mol. The molecule has 62 valence electrons. The largest absolute Gasteiger partial charge is 0.393 e. The van der Waals surface area contributed by atoms with Gasteiger partial charge < -0.3 is 5.11 Å². The van der Waals surface area contributed by atoms with Crippen molar-refractivity contribution in [1.29, 1.82) is 0 Å². The zero-order valence-corrected chi connectivity index (χ0v) is 7.09. The topological polar surface area (TPSA) is 35.5 Å². The minimum Gasteiger partial charge on any atom is -0.393 e. The summed E-state index contributed by atoms with van der Waals surface area (Å²) in [6, 6.07) is 0. The minimum atomic E-state index is -0.162. The third-order valence-corrected chi connectivity index (χ3v) is 1.50. The van der Waals surface area contributed by atoms with E-state index in [1.165, 1.54) is 0 Å². The highest BCUT2D eigenvalue weighted by molar-refractivity contribution is 4.49. The monoisotopic (exact) mass is 146 g/mol. The lowest BCUT2D eigenvalue weighted by Crippen LogP contribution is -2.31. The van der Waals surface area contributed by atoms with Gasteiger partial charge in [-0.05, 0) is 26.8 Å². The molecule has 0 fully saturated rings. The number of nitrogens with zero attached hydrogens (tertiary/aromatic N) is 1. The Kier molecular flexibility index (Phi) is 5.58. The van der Waals surface area contributed by atoms with Crippen LogP contribution in [0.4, 0.5) is 0 Å². The van der Waals surface area contributed by atoms with E-state index < -0.39 is 0 Å². The van der Waals surface area contributed by atoms with Crippen LogP contribution in [0.1, 0.15) is 19.8 Å². The Hall–Kier alpha value is -0.120. The molecule has 0 aliphatic carbocycles. The Morgan fingerprint density at radius 3 is 2.60 bits per heavy atom. The van der Waals surface area contributed by atoms with Gasteiger partial charge in [0.05, 0.1) is 6.10 Å². The van der Waals surface area contributed by atoms with Gasteiger partial charge in [0.25, 0.3) is 0 Å². The van der Waals surface area contributed by atoms with Crippen molar-refractivity contribution >= 4 is 0 Å². The average Bonchev–Trinajstić information content (AvgIpc) is 1.87. The average molecular weight is 146 g/mol. The smallest absolute Gasteiger partial charge is 0.0512 e. The summed E-state index contributed by atoms with van der Waals surface area (Å²) in [5.41, 5.74) is 2.99. The summed E-state index contributed by atoms with van der Waals surface area (Å²) in [6.07, 6.45) is 1.76. The zero-order chi connectivity index (χ0) is 7.98. The molecule has 1 unspecified atom stereocenters. The maximum Gasteiger partial charge on any atom is 0.0512 e. The van der Waals surface area contributed by atoms with Gasteiger partial charge in [-0.2, -0.15) is 0 Å². The molecule has 1 atom stereocenters. The van der Waals surface area contributed by atoms with Crippen LogP contribution in [0.2, 0.25) is 0 Å². The normalized spacial score (nSPS) is 14.1. The lowest BCUT2D eigenvalue weighted by Gasteiger charge is -2.14. The molecule has 0 aliphatic heterocycles. The standard InChI is InChI=1S/C7H18N2O/c1-7(10)5-4-6-9(3)8-2/h7-8,10H,4-6H2,1-3H3. The Labute approximate surface area is 63.0 Å². The number of hydrogen-bond acceptors (Lipinski definition) is 3. The Morgan fingerprint density at radius 1 is 1.60 bits per heavy atom. The predicted molar refractivity (Wildman–Crippen MR) is 42.6 cm³/mol. The summed E-state index contributed by atoms with van der Waals surface area (Å²) in [6.45, 7) is 2.81. The molecule has 0 spiro atoms. The Balaban J connectivity index is 3.03. The van der Waals surface area contributed by atoms with Gasteiger partial charge in [-0.25, -0.2) is 5.01 Å². The van der Waals surface area contributed by atoms with Crippen molar-refractivity contribution in [2.45, 2.75) is 25.9 Å². The van der Waals surface area contributed by atoms with E-state index >= 15 is 0 Å². The van der Waals surface area contributed by atoms with Crippen LogP contribution in [0.15, 0.2) is 0 Å². The van der Waals surface area contributed by atoms with Crippen molar-refractivity contribution in [2.75, 3.05) is 20.6 Å². The van der Waals surface area contributed by atoms with Crippen LogP contribution in [-0.2, 0) is 0 Å². The van der Waals surface area contributed by atoms with Gasteiger partial charge in [0.2, 0.25) is 0 Å². The first-order valence-corrected chi connectivity index (χ1v) is 3.73. The minimum absolute atomic E-state index is 0.162. The molecule has 0 aromatic carbocycles. The van der Waals surface area contributed by atoms with Crippen molar-refractivity contribution in [3.63, 3.8) is 0 Å². The van der Waals surface area contributed by atoms with E-state index in [-0.39, 0.29) is 6.10 Å². The number of aliphatic hydroxyl groups is 1. The lowest BCUT2D eigenvalue weighted by molar-refractivity contribution is 0.168. The summed E-state index contributed by atoms with van der Waals surface area (Å²) in [5.74, 6) is 0. The van der Waals surface area contributed by atoms with Gasteiger partial charge in [-0.3, -0.25) is 5.43 Å². The maximum absolute atomic E-state index is 8.90. The molecule has 3 nitrogen and oxygen atoms in total. The fraction of sp³-hybridized carbons (Fsp3) is 1.00. The number of rotatable bonds is 5. The van der Waals surface area contributed by atoms with Crippen molar-refractivity contribution in [3.05, 3.63) is 0 Å². The van der Waals surface area contributed by atoms with E-state index in [1.54, 1.807) is 0 Å². The first-order chi connectivity index (χ1) is 4.66. The summed E-state index contributed by atoms with van der Waals surface area (Å²) in [5, 5.41) is 10.9. The quantitative estimate of drug-likeness (QED) is 0.544. The van der Waals surface area contributed by atoms with Crippen LogP contribution in [0.3, 0.4) is 0 Å². The van der Waals surface area contributed by atoms with Crippen LogP contribution in [0.5, 0.6) is 0 Å². The van der Waals surface area contributed by atoms with E-state index in [0.29, 0.717) is 0 Å². The molecule has 0 saturated heterocycles.